The Morgan fingerprint density at radius 1 is 1.05 bits per heavy atom. The molecule has 0 amide bonds. The van der Waals surface area contributed by atoms with E-state index < -0.39 is 7.01 Å². The molecular formula is C12H11IO4S2. The van der Waals surface area contributed by atoms with E-state index in [4.69, 9.17) is 9.47 Å². The molecule has 0 bridgehead atoms. The fourth-order valence-corrected chi connectivity index (χ4v) is 4.48. The molecule has 1 aromatic carbocycles. The van der Waals surface area contributed by atoms with E-state index in [1.807, 2.05) is 12.1 Å². The summed E-state index contributed by atoms with van der Waals surface area (Å²) in [4.78, 5) is 0.871. The molecule has 0 fully saturated rings. The minimum Gasteiger partial charge on any atom is -0.493 e. The summed E-state index contributed by atoms with van der Waals surface area (Å²) < 4.78 is 33.7. The second-order valence-corrected chi connectivity index (χ2v) is 9.76. The van der Waals surface area contributed by atoms with Gasteiger partial charge in [-0.2, -0.15) is 0 Å². The topological polar surface area (TPSA) is 52.6 Å². The highest BCUT2D eigenvalue weighted by Crippen LogP contribution is 2.37. The first kappa shape index (κ1) is 14.6. The summed E-state index contributed by atoms with van der Waals surface area (Å²) >= 11 is 2.67. The molecule has 102 valence electrons. The molecule has 0 saturated heterocycles. The summed E-state index contributed by atoms with van der Waals surface area (Å²) in [6.45, 7) is 0. The highest BCUT2D eigenvalue weighted by Gasteiger charge is 2.14. The first-order valence-corrected chi connectivity index (χ1v) is 10.1. The zero-order chi connectivity index (χ0) is 14.0. The van der Waals surface area contributed by atoms with Crippen molar-refractivity contribution in [2.45, 2.75) is 4.21 Å². The molecule has 2 aromatic rings. The maximum atomic E-state index is 11.5. The number of hydrogen-bond acceptors (Lipinski definition) is 5. The van der Waals surface area contributed by atoms with E-state index in [9.17, 15) is 8.42 Å². The Hall–Kier alpha value is -0.800. The van der Waals surface area contributed by atoms with Gasteiger partial charge in [0.15, 0.2) is 11.5 Å². The van der Waals surface area contributed by atoms with Crippen LogP contribution in [0.4, 0.5) is 0 Å². The fourth-order valence-electron chi connectivity index (χ4n) is 1.60. The van der Waals surface area contributed by atoms with Crippen LogP contribution in [0.3, 0.4) is 0 Å². The van der Waals surface area contributed by atoms with E-state index >= 15 is 0 Å². The van der Waals surface area contributed by atoms with Crippen molar-refractivity contribution in [3.8, 4) is 21.9 Å². The quantitative estimate of drug-likeness (QED) is 0.572. The van der Waals surface area contributed by atoms with Gasteiger partial charge in [-0.15, -0.1) is 11.3 Å². The SMILES string of the molecule is COc1ccc(-c2ccc(S(=O)(=O)I)s2)cc1OC. The van der Waals surface area contributed by atoms with Gasteiger partial charge in [-0.05, 0) is 35.9 Å². The van der Waals surface area contributed by atoms with Crippen molar-refractivity contribution in [2.24, 2.45) is 0 Å². The van der Waals surface area contributed by atoms with E-state index in [1.54, 1.807) is 32.4 Å². The van der Waals surface area contributed by atoms with Crippen LogP contribution in [0.15, 0.2) is 34.5 Å². The first-order valence-electron chi connectivity index (χ1n) is 5.22. The lowest BCUT2D eigenvalue weighted by atomic mass is 10.1. The van der Waals surface area contributed by atoms with E-state index in [1.165, 1.54) is 32.5 Å². The molecule has 0 atom stereocenters. The monoisotopic (exact) mass is 410 g/mol. The third-order valence-corrected chi connectivity index (χ3v) is 7.26. The average Bonchev–Trinajstić information content (AvgIpc) is 2.87. The molecule has 0 aliphatic heterocycles. The Kier molecular flexibility index (Phi) is 4.36. The highest BCUT2D eigenvalue weighted by molar-refractivity contribution is 14.2. The first-order chi connectivity index (χ1) is 8.95. The Bertz CT molecular complexity index is 692. The predicted octanol–water partition coefficient (Wildman–Crippen LogP) is 3.56. The zero-order valence-corrected chi connectivity index (χ0v) is 14.0. The lowest BCUT2D eigenvalue weighted by molar-refractivity contribution is 0.355. The van der Waals surface area contributed by atoms with Crippen molar-refractivity contribution in [2.75, 3.05) is 14.2 Å². The lowest BCUT2D eigenvalue weighted by Crippen LogP contribution is -1.90. The maximum Gasteiger partial charge on any atom is 0.240 e. The maximum absolute atomic E-state index is 11.5. The number of thiophene rings is 1. The molecule has 0 aliphatic carbocycles. The summed E-state index contributed by atoms with van der Waals surface area (Å²) in [5.41, 5.74) is 0.897. The molecule has 7 heteroatoms. The van der Waals surface area contributed by atoms with Gasteiger partial charge in [-0.1, -0.05) is 0 Å². The zero-order valence-electron chi connectivity index (χ0n) is 10.2. The molecule has 4 nitrogen and oxygen atoms in total. The van der Waals surface area contributed by atoms with Gasteiger partial charge < -0.3 is 9.47 Å². The Balaban J connectivity index is 2.45. The second-order valence-electron chi connectivity index (χ2n) is 3.63. The minimum atomic E-state index is -3.19. The number of rotatable bonds is 4. The Morgan fingerprint density at radius 3 is 2.26 bits per heavy atom. The van der Waals surface area contributed by atoms with Crippen LogP contribution in [0.1, 0.15) is 0 Å². The van der Waals surface area contributed by atoms with Crippen molar-refractivity contribution >= 4 is 39.6 Å². The van der Waals surface area contributed by atoms with E-state index in [2.05, 4.69) is 0 Å². The highest BCUT2D eigenvalue weighted by atomic mass is 127. The third kappa shape index (κ3) is 3.21. The van der Waals surface area contributed by atoms with Crippen LogP contribution in [0.2, 0.25) is 0 Å². The van der Waals surface area contributed by atoms with Crippen LogP contribution in [0, 0.1) is 0 Å². The van der Waals surface area contributed by atoms with Gasteiger partial charge in [0.2, 0.25) is 7.01 Å². The molecule has 1 heterocycles. The number of hydrogen-bond donors (Lipinski definition) is 0. The molecule has 1 aromatic heterocycles. The molecule has 0 aliphatic rings. The minimum absolute atomic E-state index is 0.345. The average molecular weight is 410 g/mol. The molecule has 0 N–H and O–H groups in total. The van der Waals surface area contributed by atoms with Crippen LogP contribution in [-0.4, -0.2) is 22.6 Å². The summed E-state index contributed by atoms with van der Waals surface area (Å²) in [5, 5.41) is 0. The fraction of sp³-hybridized carbons (Fsp3) is 0.167. The van der Waals surface area contributed by atoms with Crippen LogP contribution < -0.4 is 9.47 Å². The number of halogens is 1. The summed E-state index contributed by atoms with van der Waals surface area (Å²) in [7, 11) is -0.0468. The standard InChI is InChI=1S/C12H11IO4S2/c1-16-9-4-3-8(7-10(9)17-2)11-5-6-12(18-11)19(13,14)15/h3-7H,1-2H3. The molecule has 2 rings (SSSR count). The van der Waals surface area contributed by atoms with Gasteiger partial charge in [0.25, 0.3) is 0 Å². The number of methoxy groups -OCH3 is 2. The van der Waals surface area contributed by atoms with E-state index in [0.29, 0.717) is 15.7 Å². The summed E-state index contributed by atoms with van der Waals surface area (Å²) in [6.07, 6.45) is 0. The van der Waals surface area contributed by atoms with Crippen LogP contribution in [0.5, 0.6) is 11.5 Å². The van der Waals surface area contributed by atoms with Crippen LogP contribution >= 0.6 is 32.5 Å². The lowest BCUT2D eigenvalue weighted by Gasteiger charge is -2.08. The van der Waals surface area contributed by atoms with Crippen molar-refractivity contribution in [3.63, 3.8) is 0 Å². The van der Waals surface area contributed by atoms with Crippen LogP contribution in [0.25, 0.3) is 10.4 Å². The van der Waals surface area contributed by atoms with Crippen molar-refractivity contribution in [1.82, 2.24) is 0 Å². The predicted molar refractivity (Wildman–Crippen MR) is 84.1 cm³/mol. The molecule has 0 spiro atoms. The summed E-state index contributed by atoms with van der Waals surface area (Å²) in [5.74, 6) is 1.26. The molecule has 19 heavy (non-hydrogen) atoms. The smallest absolute Gasteiger partial charge is 0.240 e. The normalized spacial score (nSPS) is 11.3. The van der Waals surface area contributed by atoms with E-state index in [-0.39, 0.29) is 0 Å². The number of benzene rings is 1. The van der Waals surface area contributed by atoms with Crippen molar-refractivity contribution in [3.05, 3.63) is 30.3 Å². The molecule has 0 unspecified atom stereocenters. The summed E-state index contributed by atoms with van der Waals surface area (Å²) in [6, 6.07) is 8.90. The largest absolute Gasteiger partial charge is 0.493 e. The van der Waals surface area contributed by atoms with Crippen LogP contribution in [-0.2, 0) is 7.01 Å². The third-order valence-electron chi connectivity index (χ3n) is 2.49. The number of ether oxygens (including phenoxy) is 2. The van der Waals surface area contributed by atoms with Crippen molar-refractivity contribution in [1.29, 1.82) is 0 Å². The molecule has 0 radical (unpaired) electrons. The van der Waals surface area contributed by atoms with E-state index in [0.717, 1.165) is 10.4 Å². The Labute approximate surface area is 127 Å². The van der Waals surface area contributed by atoms with Gasteiger partial charge in [0.1, 0.15) is 4.21 Å². The molecular weight excluding hydrogens is 399 g/mol. The molecule has 0 saturated carbocycles. The van der Waals surface area contributed by atoms with Gasteiger partial charge in [0, 0.05) is 4.88 Å². The van der Waals surface area contributed by atoms with Gasteiger partial charge in [0.05, 0.1) is 35.4 Å². The van der Waals surface area contributed by atoms with Gasteiger partial charge in [-0.3, -0.25) is 0 Å². The van der Waals surface area contributed by atoms with Gasteiger partial charge in [-0.25, -0.2) is 8.42 Å². The second kappa shape index (κ2) is 5.68. The Morgan fingerprint density at radius 2 is 1.74 bits per heavy atom. The van der Waals surface area contributed by atoms with Crippen molar-refractivity contribution < 1.29 is 17.9 Å². The van der Waals surface area contributed by atoms with Gasteiger partial charge >= 0.3 is 0 Å².